The lowest BCUT2D eigenvalue weighted by Crippen LogP contribution is -2.33. The van der Waals surface area contributed by atoms with Crippen LogP contribution in [-0.2, 0) is 4.74 Å². The second-order valence-corrected chi connectivity index (χ2v) is 4.82. The second-order valence-electron chi connectivity index (χ2n) is 4.48. The summed E-state index contributed by atoms with van der Waals surface area (Å²) < 4.78 is 10.8. The van der Waals surface area contributed by atoms with Crippen molar-refractivity contribution in [2.45, 2.75) is 32.4 Å². The molecule has 1 saturated heterocycles. The summed E-state index contributed by atoms with van der Waals surface area (Å²) in [6, 6.07) is 0.529. The lowest BCUT2D eigenvalue weighted by atomic mass is 10.2. The molecule has 0 saturated carbocycles. The Balaban J connectivity index is 2.18. The van der Waals surface area contributed by atoms with Crippen LogP contribution in [0.1, 0.15) is 20.3 Å². The summed E-state index contributed by atoms with van der Waals surface area (Å²) in [5.41, 5.74) is 0. The van der Waals surface area contributed by atoms with Crippen molar-refractivity contribution < 1.29 is 9.47 Å². The molecule has 6 nitrogen and oxygen atoms in total. The average Bonchev–Trinajstić information content (AvgIpc) is 2.79. The highest BCUT2D eigenvalue weighted by Crippen LogP contribution is 2.20. The van der Waals surface area contributed by atoms with Gasteiger partial charge in [-0.1, -0.05) is 0 Å². The van der Waals surface area contributed by atoms with E-state index in [0.29, 0.717) is 12.6 Å². The molecule has 1 fully saturated rings. The number of aromatic nitrogens is 3. The molecule has 100 valence electrons. The van der Waals surface area contributed by atoms with E-state index in [2.05, 4.69) is 15.0 Å². The summed E-state index contributed by atoms with van der Waals surface area (Å²) in [4.78, 5) is 14.3. The Labute approximate surface area is 111 Å². The number of likely N-dealkylation sites (N-methyl/N-ethyl adjacent to an activating group) is 1. The van der Waals surface area contributed by atoms with Gasteiger partial charge in [-0.3, -0.25) is 0 Å². The first-order valence-electron chi connectivity index (χ1n) is 5.95. The number of hydrogen-bond donors (Lipinski definition) is 0. The van der Waals surface area contributed by atoms with Crippen LogP contribution in [0.15, 0.2) is 0 Å². The molecule has 18 heavy (non-hydrogen) atoms. The maximum Gasteiger partial charge on any atom is 0.322 e. The van der Waals surface area contributed by atoms with Crippen molar-refractivity contribution in [3.8, 4) is 6.01 Å². The molecule has 1 aliphatic heterocycles. The SMILES string of the molecule is CC(C)Oc1nc(Cl)nc(N(C)C2CCOC2)n1. The molecule has 0 bridgehead atoms. The summed E-state index contributed by atoms with van der Waals surface area (Å²) in [6.07, 6.45) is 0.955. The van der Waals surface area contributed by atoms with Gasteiger partial charge in [0.25, 0.3) is 0 Å². The zero-order valence-corrected chi connectivity index (χ0v) is 11.5. The summed E-state index contributed by atoms with van der Waals surface area (Å²) >= 11 is 5.88. The van der Waals surface area contributed by atoms with Crippen molar-refractivity contribution >= 4 is 17.5 Å². The van der Waals surface area contributed by atoms with Crippen LogP contribution in [0.5, 0.6) is 6.01 Å². The van der Waals surface area contributed by atoms with Crippen LogP contribution in [0.25, 0.3) is 0 Å². The van der Waals surface area contributed by atoms with Gasteiger partial charge >= 0.3 is 6.01 Å². The van der Waals surface area contributed by atoms with Crippen molar-refractivity contribution in [3.05, 3.63) is 5.28 Å². The summed E-state index contributed by atoms with van der Waals surface area (Å²) in [6.45, 7) is 5.27. The first-order chi connectivity index (χ1) is 8.56. The molecule has 2 heterocycles. The van der Waals surface area contributed by atoms with Crippen molar-refractivity contribution in [1.29, 1.82) is 0 Å². The van der Waals surface area contributed by atoms with Crippen LogP contribution in [0, 0.1) is 0 Å². The molecule has 1 aromatic heterocycles. The van der Waals surface area contributed by atoms with Crippen LogP contribution in [0.3, 0.4) is 0 Å². The van der Waals surface area contributed by atoms with Crippen molar-refractivity contribution in [3.63, 3.8) is 0 Å². The van der Waals surface area contributed by atoms with E-state index < -0.39 is 0 Å². The molecule has 0 radical (unpaired) electrons. The lowest BCUT2D eigenvalue weighted by Gasteiger charge is -2.23. The predicted octanol–water partition coefficient (Wildman–Crippen LogP) is 1.54. The number of hydrogen-bond acceptors (Lipinski definition) is 6. The number of ether oxygens (including phenoxy) is 2. The summed E-state index contributed by atoms with van der Waals surface area (Å²) in [5, 5.41) is 0.140. The lowest BCUT2D eigenvalue weighted by molar-refractivity contribution is 0.193. The van der Waals surface area contributed by atoms with Gasteiger partial charge < -0.3 is 14.4 Å². The van der Waals surface area contributed by atoms with Crippen molar-refractivity contribution in [2.24, 2.45) is 0 Å². The van der Waals surface area contributed by atoms with Gasteiger partial charge in [0.15, 0.2) is 0 Å². The number of halogens is 1. The Morgan fingerprint density at radius 1 is 1.39 bits per heavy atom. The van der Waals surface area contributed by atoms with E-state index in [1.165, 1.54) is 0 Å². The normalized spacial score (nSPS) is 19.3. The highest BCUT2D eigenvalue weighted by atomic mass is 35.5. The minimum Gasteiger partial charge on any atom is -0.461 e. The minimum absolute atomic E-state index is 0.00330. The van der Waals surface area contributed by atoms with E-state index in [-0.39, 0.29) is 23.4 Å². The third-order valence-electron chi connectivity index (χ3n) is 2.69. The van der Waals surface area contributed by atoms with Crippen molar-refractivity contribution in [1.82, 2.24) is 15.0 Å². The van der Waals surface area contributed by atoms with Gasteiger partial charge in [-0.15, -0.1) is 0 Å². The van der Waals surface area contributed by atoms with Gasteiger partial charge in [0, 0.05) is 13.7 Å². The molecule has 1 unspecified atom stereocenters. The molecule has 7 heteroatoms. The van der Waals surface area contributed by atoms with Gasteiger partial charge in [-0.05, 0) is 31.9 Å². The Morgan fingerprint density at radius 2 is 2.17 bits per heavy atom. The Hall–Kier alpha value is -1.14. The zero-order valence-electron chi connectivity index (χ0n) is 10.8. The van der Waals surface area contributed by atoms with Crippen LogP contribution in [-0.4, -0.2) is 47.4 Å². The second kappa shape index (κ2) is 5.67. The maximum atomic E-state index is 5.88. The molecule has 0 amide bonds. The number of nitrogens with zero attached hydrogens (tertiary/aromatic N) is 4. The van der Waals surface area contributed by atoms with Crippen LogP contribution in [0.4, 0.5) is 5.95 Å². The molecule has 0 N–H and O–H groups in total. The third kappa shape index (κ3) is 3.20. The summed E-state index contributed by atoms with van der Waals surface area (Å²) in [5.74, 6) is 0.515. The zero-order chi connectivity index (χ0) is 13.1. The first-order valence-corrected chi connectivity index (χ1v) is 6.33. The molecule has 2 rings (SSSR count). The maximum absolute atomic E-state index is 5.88. The molecule has 1 aromatic rings. The number of anilines is 1. The quantitative estimate of drug-likeness (QED) is 0.829. The van der Waals surface area contributed by atoms with E-state index in [4.69, 9.17) is 21.1 Å². The molecule has 0 spiro atoms. The Bertz CT molecular complexity index is 410. The fourth-order valence-corrected chi connectivity index (χ4v) is 1.88. The van der Waals surface area contributed by atoms with E-state index in [0.717, 1.165) is 13.0 Å². The fraction of sp³-hybridized carbons (Fsp3) is 0.727. The van der Waals surface area contributed by atoms with Gasteiger partial charge in [0.1, 0.15) is 0 Å². The molecule has 0 aromatic carbocycles. The third-order valence-corrected chi connectivity index (χ3v) is 2.85. The van der Waals surface area contributed by atoms with Crippen LogP contribution < -0.4 is 9.64 Å². The minimum atomic E-state index is -0.00330. The van der Waals surface area contributed by atoms with E-state index in [1.54, 1.807) is 0 Å². The highest BCUT2D eigenvalue weighted by Gasteiger charge is 2.23. The Kier molecular flexibility index (Phi) is 4.19. The summed E-state index contributed by atoms with van der Waals surface area (Å²) in [7, 11) is 1.92. The predicted molar refractivity (Wildman–Crippen MR) is 68.2 cm³/mol. The van der Waals surface area contributed by atoms with Crippen LogP contribution >= 0.6 is 11.6 Å². The van der Waals surface area contributed by atoms with Crippen molar-refractivity contribution in [2.75, 3.05) is 25.2 Å². The largest absolute Gasteiger partial charge is 0.461 e. The molecular weight excluding hydrogens is 256 g/mol. The van der Waals surface area contributed by atoms with Gasteiger partial charge in [0.05, 0.1) is 18.8 Å². The molecule has 0 aliphatic carbocycles. The standard InChI is InChI=1S/C11H17ClN4O2/c1-7(2)18-11-14-9(12)13-10(15-11)16(3)8-4-5-17-6-8/h7-8H,4-6H2,1-3H3. The number of rotatable bonds is 4. The van der Waals surface area contributed by atoms with Gasteiger partial charge in [0.2, 0.25) is 11.2 Å². The molecule has 1 aliphatic rings. The molecular formula is C11H17ClN4O2. The van der Waals surface area contributed by atoms with E-state index >= 15 is 0 Å². The van der Waals surface area contributed by atoms with Gasteiger partial charge in [-0.2, -0.15) is 15.0 Å². The van der Waals surface area contributed by atoms with E-state index in [9.17, 15) is 0 Å². The van der Waals surface area contributed by atoms with Gasteiger partial charge in [-0.25, -0.2) is 0 Å². The Morgan fingerprint density at radius 3 is 2.78 bits per heavy atom. The van der Waals surface area contributed by atoms with Crippen LogP contribution in [0.2, 0.25) is 5.28 Å². The van der Waals surface area contributed by atoms with E-state index in [1.807, 2.05) is 25.8 Å². The monoisotopic (exact) mass is 272 g/mol. The topological polar surface area (TPSA) is 60.4 Å². The average molecular weight is 273 g/mol. The highest BCUT2D eigenvalue weighted by molar-refractivity contribution is 6.28. The fourth-order valence-electron chi connectivity index (χ4n) is 1.73. The first kappa shape index (κ1) is 13.3. The molecule has 1 atom stereocenters. The smallest absolute Gasteiger partial charge is 0.322 e.